The number of benzene rings is 1. The van der Waals surface area contributed by atoms with Gasteiger partial charge in [-0.1, -0.05) is 19.4 Å². The maximum atomic E-state index is 13.4. The molecule has 0 saturated carbocycles. The molecule has 0 spiro atoms. The van der Waals surface area contributed by atoms with Crippen molar-refractivity contribution < 1.29 is 17.9 Å². The molecule has 1 aromatic carbocycles. The highest BCUT2D eigenvalue weighted by atomic mass is 32.2. The SMILES string of the molecule is CCC(CCO)CNS(=O)(=O)c1cccc(F)c1C#N. The average Bonchev–Trinajstić information content (AvgIpc) is 2.43. The van der Waals surface area contributed by atoms with E-state index in [1.807, 2.05) is 6.92 Å². The highest BCUT2D eigenvalue weighted by Gasteiger charge is 2.21. The van der Waals surface area contributed by atoms with Crippen LogP contribution in [0.15, 0.2) is 23.1 Å². The van der Waals surface area contributed by atoms with Crippen molar-refractivity contribution in [3.8, 4) is 6.07 Å². The Kier molecular flexibility index (Phi) is 6.07. The summed E-state index contributed by atoms with van der Waals surface area (Å²) in [6, 6.07) is 5.04. The lowest BCUT2D eigenvalue weighted by Crippen LogP contribution is -2.30. The first-order valence-electron chi connectivity index (χ1n) is 6.25. The fraction of sp³-hybridized carbons (Fsp3) is 0.462. The molecule has 0 radical (unpaired) electrons. The molecule has 0 amide bonds. The van der Waals surface area contributed by atoms with E-state index in [9.17, 15) is 12.8 Å². The summed E-state index contributed by atoms with van der Waals surface area (Å²) in [6.07, 6.45) is 1.19. The van der Waals surface area contributed by atoms with Crippen LogP contribution in [0.1, 0.15) is 25.3 Å². The van der Waals surface area contributed by atoms with Crippen molar-refractivity contribution in [2.45, 2.75) is 24.7 Å². The minimum atomic E-state index is -3.94. The molecule has 0 fully saturated rings. The van der Waals surface area contributed by atoms with Crippen LogP contribution in [0.3, 0.4) is 0 Å². The number of nitrogens with one attached hydrogen (secondary N) is 1. The van der Waals surface area contributed by atoms with Gasteiger partial charge in [0.1, 0.15) is 22.3 Å². The summed E-state index contributed by atoms with van der Waals surface area (Å²) in [5.41, 5.74) is -0.491. The molecule has 0 aromatic heterocycles. The zero-order chi connectivity index (χ0) is 15.2. The number of halogens is 1. The molecule has 1 atom stereocenters. The van der Waals surface area contributed by atoms with Crippen LogP contribution in [-0.4, -0.2) is 26.7 Å². The molecule has 0 aliphatic carbocycles. The molecule has 1 aromatic rings. The number of aliphatic hydroxyl groups excluding tert-OH is 1. The lowest BCUT2D eigenvalue weighted by atomic mass is 10.0. The van der Waals surface area contributed by atoms with E-state index in [4.69, 9.17) is 10.4 Å². The zero-order valence-corrected chi connectivity index (χ0v) is 12.0. The monoisotopic (exact) mass is 300 g/mol. The molecule has 0 aliphatic rings. The summed E-state index contributed by atoms with van der Waals surface area (Å²) in [6.45, 7) is 2.00. The third-order valence-corrected chi connectivity index (χ3v) is 4.52. The minimum Gasteiger partial charge on any atom is -0.396 e. The number of sulfonamides is 1. The second kappa shape index (κ2) is 7.33. The number of nitriles is 1. The fourth-order valence-electron chi connectivity index (χ4n) is 1.78. The van der Waals surface area contributed by atoms with Gasteiger partial charge in [0.05, 0.1) is 0 Å². The van der Waals surface area contributed by atoms with Crippen LogP contribution in [0.25, 0.3) is 0 Å². The fourth-order valence-corrected chi connectivity index (χ4v) is 3.06. The van der Waals surface area contributed by atoms with Gasteiger partial charge in [-0.05, 0) is 24.5 Å². The maximum absolute atomic E-state index is 13.4. The van der Waals surface area contributed by atoms with Gasteiger partial charge >= 0.3 is 0 Å². The van der Waals surface area contributed by atoms with Crippen LogP contribution in [0.5, 0.6) is 0 Å². The van der Waals surface area contributed by atoms with E-state index in [2.05, 4.69) is 4.72 Å². The van der Waals surface area contributed by atoms with Gasteiger partial charge < -0.3 is 5.11 Å². The first-order chi connectivity index (χ1) is 9.46. The Morgan fingerprint density at radius 2 is 2.20 bits per heavy atom. The molecule has 20 heavy (non-hydrogen) atoms. The minimum absolute atomic E-state index is 0.00568. The van der Waals surface area contributed by atoms with Crippen molar-refractivity contribution in [2.24, 2.45) is 5.92 Å². The van der Waals surface area contributed by atoms with Crippen molar-refractivity contribution in [2.75, 3.05) is 13.2 Å². The van der Waals surface area contributed by atoms with Gasteiger partial charge in [-0.15, -0.1) is 0 Å². The zero-order valence-electron chi connectivity index (χ0n) is 11.1. The molecule has 7 heteroatoms. The normalized spacial score (nSPS) is 12.9. The predicted octanol–water partition coefficient (Wildman–Crippen LogP) is 1.38. The average molecular weight is 300 g/mol. The highest BCUT2D eigenvalue weighted by Crippen LogP contribution is 2.18. The van der Waals surface area contributed by atoms with E-state index < -0.39 is 21.4 Å². The van der Waals surface area contributed by atoms with Crippen molar-refractivity contribution in [3.05, 3.63) is 29.6 Å². The summed E-state index contributed by atoms with van der Waals surface area (Å²) >= 11 is 0. The lowest BCUT2D eigenvalue weighted by molar-refractivity contribution is 0.254. The molecule has 2 N–H and O–H groups in total. The van der Waals surface area contributed by atoms with Gasteiger partial charge in [-0.25, -0.2) is 17.5 Å². The van der Waals surface area contributed by atoms with Gasteiger partial charge in [0.2, 0.25) is 10.0 Å². The quantitative estimate of drug-likeness (QED) is 0.796. The van der Waals surface area contributed by atoms with Crippen LogP contribution in [-0.2, 0) is 10.0 Å². The van der Waals surface area contributed by atoms with E-state index in [1.54, 1.807) is 6.07 Å². The molecule has 1 unspecified atom stereocenters. The molecule has 0 heterocycles. The summed E-state index contributed by atoms with van der Waals surface area (Å²) in [4.78, 5) is -0.362. The van der Waals surface area contributed by atoms with E-state index in [0.29, 0.717) is 12.8 Å². The van der Waals surface area contributed by atoms with E-state index in [1.165, 1.54) is 12.1 Å². The number of rotatable bonds is 7. The summed E-state index contributed by atoms with van der Waals surface area (Å²) in [5.74, 6) is -0.869. The second-order valence-corrected chi connectivity index (χ2v) is 6.10. The summed E-state index contributed by atoms with van der Waals surface area (Å²) in [7, 11) is -3.94. The number of hydrogen-bond donors (Lipinski definition) is 2. The van der Waals surface area contributed by atoms with Gasteiger partial charge in [-0.3, -0.25) is 0 Å². The maximum Gasteiger partial charge on any atom is 0.242 e. The molecule has 0 saturated heterocycles. The molecule has 1 rings (SSSR count). The summed E-state index contributed by atoms with van der Waals surface area (Å²) in [5, 5.41) is 17.7. The largest absolute Gasteiger partial charge is 0.396 e. The van der Waals surface area contributed by atoms with Crippen LogP contribution in [0.4, 0.5) is 4.39 Å². The Labute approximate surface area is 118 Å². The Morgan fingerprint density at radius 3 is 2.75 bits per heavy atom. The third-order valence-electron chi connectivity index (χ3n) is 3.05. The predicted molar refractivity (Wildman–Crippen MR) is 71.8 cm³/mol. The standard InChI is InChI=1S/C13H17FN2O3S/c1-2-10(6-7-17)9-16-20(18,19)13-5-3-4-12(14)11(13)8-15/h3-5,10,16-17H,2,6-7,9H2,1H3. The Hall–Kier alpha value is -1.49. The smallest absolute Gasteiger partial charge is 0.242 e. The van der Waals surface area contributed by atoms with Crippen molar-refractivity contribution in [1.82, 2.24) is 4.72 Å². The summed E-state index contributed by atoms with van der Waals surface area (Å²) < 4.78 is 40.0. The van der Waals surface area contributed by atoms with Crippen LogP contribution in [0, 0.1) is 23.1 Å². The van der Waals surface area contributed by atoms with Gasteiger partial charge in [0, 0.05) is 13.2 Å². The Bertz CT molecular complexity index is 596. The van der Waals surface area contributed by atoms with Crippen LogP contribution in [0.2, 0.25) is 0 Å². The first-order valence-corrected chi connectivity index (χ1v) is 7.73. The number of nitrogens with zero attached hydrogens (tertiary/aromatic N) is 1. The number of hydrogen-bond acceptors (Lipinski definition) is 4. The van der Waals surface area contributed by atoms with Crippen LogP contribution >= 0.6 is 0 Å². The van der Waals surface area contributed by atoms with Gasteiger partial charge in [0.25, 0.3) is 0 Å². The van der Waals surface area contributed by atoms with Gasteiger partial charge in [0.15, 0.2) is 0 Å². The highest BCUT2D eigenvalue weighted by molar-refractivity contribution is 7.89. The number of aliphatic hydroxyl groups is 1. The van der Waals surface area contributed by atoms with E-state index in [-0.39, 0.29) is 24.0 Å². The molecular formula is C13H17FN2O3S. The third kappa shape index (κ3) is 4.00. The molecule has 0 aliphatic heterocycles. The molecule has 110 valence electrons. The van der Waals surface area contributed by atoms with E-state index >= 15 is 0 Å². The lowest BCUT2D eigenvalue weighted by Gasteiger charge is -2.15. The second-order valence-electron chi connectivity index (χ2n) is 4.36. The van der Waals surface area contributed by atoms with Crippen LogP contribution < -0.4 is 4.72 Å². The first kappa shape index (κ1) is 16.6. The van der Waals surface area contributed by atoms with Crippen molar-refractivity contribution >= 4 is 10.0 Å². The Balaban J connectivity index is 2.96. The van der Waals surface area contributed by atoms with Gasteiger partial charge in [-0.2, -0.15) is 5.26 Å². The van der Waals surface area contributed by atoms with E-state index in [0.717, 1.165) is 6.07 Å². The Morgan fingerprint density at radius 1 is 1.50 bits per heavy atom. The topological polar surface area (TPSA) is 90.2 Å². The molecular weight excluding hydrogens is 283 g/mol. The van der Waals surface area contributed by atoms with Crippen molar-refractivity contribution in [3.63, 3.8) is 0 Å². The molecule has 5 nitrogen and oxygen atoms in total. The van der Waals surface area contributed by atoms with Crippen molar-refractivity contribution in [1.29, 1.82) is 5.26 Å². The molecule has 0 bridgehead atoms.